The van der Waals surface area contributed by atoms with Crippen LogP contribution in [0.3, 0.4) is 0 Å². The third kappa shape index (κ3) is 7.45. The number of likely N-dealkylation sites (tertiary alicyclic amines) is 1. The maximum atomic E-state index is 13.1. The summed E-state index contributed by atoms with van der Waals surface area (Å²) in [5, 5.41) is 26.7. The van der Waals surface area contributed by atoms with Gasteiger partial charge in [-0.25, -0.2) is 0 Å². The molecular formula is C41H46N6O5. The van der Waals surface area contributed by atoms with Crippen molar-refractivity contribution in [1.82, 2.24) is 9.80 Å². The zero-order valence-electron chi connectivity index (χ0n) is 29.5. The maximum absolute atomic E-state index is 13.1. The molecule has 2 heterocycles. The lowest BCUT2D eigenvalue weighted by Gasteiger charge is -2.62. The predicted octanol–water partition coefficient (Wildman–Crippen LogP) is 5.08. The van der Waals surface area contributed by atoms with Gasteiger partial charge in [-0.05, 0) is 111 Å². The van der Waals surface area contributed by atoms with E-state index < -0.39 is 11.9 Å². The summed E-state index contributed by atoms with van der Waals surface area (Å²) in [5.41, 5.74) is 11.3. The molecule has 0 radical (unpaired) electrons. The zero-order valence-corrected chi connectivity index (χ0v) is 29.5. The van der Waals surface area contributed by atoms with Crippen LogP contribution in [0.2, 0.25) is 0 Å². The van der Waals surface area contributed by atoms with Gasteiger partial charge in [0.05, 0.1) is 11.8 Å². The second-order valence-electron chi connectivity index (χ2n) is 14.5. The van der Waals surface area contributed by atoms with Crippen molar-refractivity contribution in [2.45, 2.75) is 63.5 Å². The van der Waals surface area contributed by atoms with Crippen molar-refractivity contribution in [2.24, 2.45) is 11.1 Å². The van der Waals surface area contributed by atoms with Crippen LogP contribution in [0.5, 0.6) is 5.75 Å². The molecule has 2 amide bonds. The number of amidine groups is 1. The number of nitrogens with zero attached hydrogens (tertiary/aromatic N) is 3. The fraction of sp³-hybridized carbons (Fsp3) is 0.366. The highest BCUT2D eigenvalue weighted by Gasteiger charge is 2.54. The summed E-state index contributed by atoms with van der Waals surface area (Å²) >= 11 is 0. The van der Waals surface area contributed by atoms with E-state index in [0.717, 1.165) is 60.7 Å². The fourth-order valence-electron chi connectivity index (χ4n) is 8.19. The van der Waals surface area contributed by atoms with E-state index in [2.05, 4.69) is 21.9 Å². The molecule has 1 spiro atoms. The molecule has 0 bridgehead atoms. The van der Waals surface area contributed by atoms with Crippen LogP contribution in [0.25, 0.3) is 5.57 Å². The molecule has 6 rings (SSSR count). The van der Waals surface area contributed by atoms with Gasteiger partial charge >= 0.3 is 0 Å². The number of nitrogens with two attached hydrogens (primary N) is 1. The Kier molecular flexibility index (Phi) is 10.8. The standard InChI is InChI=1S/C41H46N6O5/c1-27-19-31(12-13-34(27)40(52)47(26-50)32(23-49)5-4-18-48)46-24-41(25-46)21-33(22-41)45-16-14-29(15-17-45)28-8-10-30(11-9-28)36(39(43)44)20-37(42)35-6-2-3-7-38(35)51/h2-3,6-13,18-20,23,26,29,32-33,42,51H,4-5,14-17,21-22,24-25H2,1H3,(H3,43,44)/b36-20-,42-37?. The van der Waals surface area contributed by atoms with Crippen molar-refractivity contribution in [3.05, 3.63) is 101 Å². The number of hydrogen-bond donors (Lipinski definition) is 4. The normalized spacial score (nSPS) is 18.2. The lowest BCUT2D eigenvalue weighted by molar-refractivity contribution is -0.123. The topological polar surface area (TPSA) is 172 Å². The Morgan fingerprint density at radius 2 is 1.69 bits per heavy atom. The van der Waals surface area contributed by atoms with Crippen molar-refractivity contribution < 1.29 is 24.3 Å². The van der Waals surface area contributed by atoms with Gasteiger partial charge in [-0.2, -0.15) is 0 Å². The van der Waals surface area contributed by atoms with Crippen LogP contribution < -0.4 is 10.6 Å². The average molecular weight is 703 g/mol. The Labute approximate surface area is 304 Å². The number of para-hydroxylation sites is 1. The van der Waals surface area contributed by atoms with Crippen LogP contribution in [0.15, 0.2) is 72.8 Å². The molecule has 5 N–H and O–H groups in total. The minimum Gasteiger partial charge on any atom is -0.507 e. The number of imide groups is 1. The number of nitrogens with one attached hydrogen (secondary N) is 2. The highest BCUT2D eigenvalue weighted by atomic mass is 16.3. The molecule has 1 atom stereocenters. The maximum Gasteiger partial charge on any atom is 0.261 e. The summed E-state index contributed by atoms with van der Waals surface area (Å²) in [6.45, 7) is 5.89. The van der Waals surface area contributed by atoms with Gasteiger partial charge in [0.2, 0.25) is 6.41 Å². The Morgan fingerprint density at radius 3 is 2.29 bits per heavy atom. The number of allylic oxidation sites excluding steroid dienone is 1. The van der Waals surface area contributed by atoms with Gasteiger partial charge in [-0.3, -0.25) is 19.9 Å². The molecule has 11 nitrogen and oxygen atoms in total. The molecule has 3 aliphatic rings. The van der Waals surface area contributed by atoms with Gasteiger partial charge in [-0.1, -0.05) is 36.4 Å². The van der Waals surface area contributed by atoms with Crippen LogP contribution in [0.4, 0.5) is 5.69 Å². The molecule has 0 aromatic heterocycles. The van der Waals surface area contributed by atoms with Crippen molar-refractivity contribution in [1.29, 1.82) is 10.8 Å². The molecule has 1 saturated carbocycles. The van der Waals surface area contributed by atoms with E-state index in [9.17, 15) is 24.3 Å². The zero-order chi connectivity index (χ0) is 37.0. The number of piperidine rings is 1. The van der Waals surface area contributed by atoms with E-state index in [1.807, 2.05) is 31.2 Å². The number of carbonyl (C=O) groups is 4. The van der Waals surface area contributed by atoms with E-state index in [1.165, 1.54) is 30.5 Å². The van der Waals surface area contributed by atoms with Crippen LogP contribution in [0.1, 0.15) is 77.1 Å². The number of hydrogen-bond acceptors (Lipinski definition) is 9. The molecule has 3 aromatic rings. The Morgan fingerprint density at radius 1 is 1.00 bits per heavy atom. The molecule has 1 unspecified atom stereocenters. The number of benzene rings is 3. The van der Waals surface area contributed by atoms with Crippen molar-refractivity contribution in [3.8, 4) is 5.75 Å². The SMILES string of the molecule is Cc1cc(N2CC3(CC(N4CCC(c5ccc(/C(=C/C(=N)c6ccccc6O)C(=N)N)cc5)CC4)C3)C2)ccc1C(=O)N(C=O)C(C=O)CCC=O. The number of phenols is 1. The van der Waals surface area contributed by atoms with Crippen molar-refractivity contribution >= 4 is 47.7 Å². The predicted molar refractivity (Wildman–Crippen MR) is 201 cm³/mol. The molecule has 3 fully saturated rings. The number of amides is 2. The number of aromatic hydroxyl groups is 1. The number of anilines is 1. The lowest BCUT2D eigenvalue weighted by atomic mass is 9.60. The summed E-state index contributed by atoms with van der Waals surface area (Å²) in [4.78, 5) is 53.0. The first kappa shape index (κ1) is 36.4. The average Bonchev–Trinajstić information content (AvgIpc) is 3.11. The largest absolute Gasteiger partial charge is 0.507 e. The van der Waals surface area contributed by atoms with Gasteiger partial charge in [0, 0.05) is 53.4 Å². The summed E-state index contributed by atoms with van der Waals surface area (Å²) in [6, 6.07) is 20.0. The number of phenolic OH excluding ortho intramolecular Hbond substituents is 1. The van der Waals surface area contributed by atoms with E-state index >= 15 is 0 Å². The van der Waals surface area contributed by atoms with E-state index in [4.69, 9.17) is 16.6 Å². The molecular weight excluding hydrogens is 656 g/mol. The summed E-state index contributed by atoms with van der Waals surface area (Å²) in [6.07, 6.45) is 7.83. The van der Waals surface area contributed by atoms with Crippen molar-refractivity contribution in [3.63, 3.8) is 0 Å². The first-order valence-electron chi connectivity index (χ1n) is 17.9. The molecule has 2 aliphatic heterocycles. The summed E-state index contributed by atoms with van der Waals surface area (Å²) < 4.78 is 0. The Hall–Kier alpha value is -5.42. The Balaban J connectivity index is 0.985. The van der Waals surface area contributed by atoms with Crippen molar-refractivity contribution in [2.75, 3.05) is 31.1 Å². The van der Waals surface area contributed by atoms with E-state index in [1.54, 1.807) is 24.3 Å². The third-order valence-electron chi connectivity index (χ3n) is 11.2. The van der Waals surface area contributed by atoms with Gasteiger partial charge < -0.3 is 35.6 Å². The van der Waals surface area contributed by atoms with Gasteiger partial charge in [0.15, 0.2) is 0 Å². The van der Waals surface area contributed by atoms with Gasteiger partial charge in [-0.15, -0.1) is 0 Å². The summed E-state index contributed by atoms with van der Waals surface area (Å²) in [5.74, 6) is -0.197. The van der Waals surface area contributed by atoms with Crippen LogP contribution in [-0.4, -0.2) is 89.6 Å². The number of aryl methyl sites for hydroxylation is 1. The van der Waals surface area contributed by atoms with Crippen LogP contribution in [-0.2, 0) is 14.4 Å². The molecule has 2 saturated heterocycles. The quantitative estimate of drug-likeness (QED) is 0.102. The number of carbonyl (C=O) groups excluding carboxylic acids is 4. The molecule has 52 heavy (non-hydrogen) atoms. The second kappa shape index (κ2) is 15.4. The fourth-order valence-corrected chi connectivity index (χ4v) is 8.19. The first-order valence-corrected chi connectivity index (χ1v) is 17.9. The highest BCUT2D eigenvalue weighted by Crippen LogP contribution is 2.52. The Bertz CT molecular complexity index is 1880. The molecule has 3 aromatic carbocycles. The summed E-state index contributed by atoms with van der Waals surface area (Å²) in [7, 11) is 0. The first-order chi connectivity index (χ1) is 25.1. The van der Waals surface area contributed by atoms with Crippen LogP contribution >= 0.6 is 0 Å². The number of rotatable bonds is 14. The number of aldehydes is 2. The molecule has 270 valence electrons. The van der Waals surface area contributed by atoms with Crippen LogP contribution in [0, 0.1) is 23.2 Å². The second-order valence-corrected chi connectivity index (χ2v) is 14.5. The van der Waals surface area contributed by atoms with E-state index in [-0.39, 0.29) is 30.1 Å². The molecule has 1 aliphatic carbocycles. The minimum absolute atomic E-state index is 0.0127. The third-order valence-corrected chi connectivity index (χ3v) is 11.2. The van der Waals surface area contributed by atoms with Gasteiger partial charge in [0.1, 0.15) is 24.2 Å². The lowest BCUT2D eigenvalue weighted by Crippen LogP contribution is -2.67. The smallest absolute Gasteiger partial charge is 0.261 e. The monoisotopic (exact) mass is 702 g/mol. The van der Waals surface area contributed by atoms with Gasteiger partial charge in [0.25, 0.3) is 5.91 Å². The minimum atomic E-state index is -0.968. The molecule has 11 heteroatoms. The van der Waals surface area contributed by atoms with E-state index in [0.29, 0.717) is 53.1 Å². The highest BCUT2D eigenvalue weighted by molar-refractivity contribution is 6.27.